The summed E-state index contributed by atoms with van der Waals surface area (Å²) in [6.45, 7) is 12.0. The minimum absolute atomic E-state index is 0.758. The summed E-state index contributed by atoms with van der Waals surface area (Å²) < 4.78 is 5.45. The van der Waals surface area contributed by atoms with E-state index in [1.165, 1.54) is 36.5 Å². The van der Waals surface area contributed by atoms with Crippen LogP contribution in [0.25, 0.3) is 0 Å². The van der Waals surface area contributed by atoms with Crippen LogP contribution in [0.3, 0.4) is 0 Å². The van der Waals surface area contributed by atoms with Gasteiger partial charge in [-0.25, -0.2) is 0 Å². The number of hydrogen-bond acceptors (Lipinski definition) is 5. The Hall–Kier alpha value is -0.460. The molecule has 1 unspecified atom stereocenters. The minimum atomic E-state index is 0.758. The molecule has 2 fully saturated rings. The molecule has 1 N–H and O–H groups in total. The van der Waals surface area contributed by atoms with E-state index in [2.05, 4.69) is 33.5 Å². The zero-order chi connectivity index (χ0) is 14.5. The van der Waals surface area contributed by atoms with Crippen molar-refractivity contribution in [1.29, 1.82) is 0 Å². The average Bonchev–Trinajstić information content (AvgIpc) is 3.14. The molecule has 5 heteroatoms. The van der Waals surface area contributed by atoms with E-state index in [1.54, 1.807) is 0 Å². The van der Waals surface area contributed by atoms with Gasteiger partial charge in [0, 0.05) is 50.2 Å². The molecule has 0 aliphatic carbocycles. The van der Waals surface area contributed by atoms with Crippen molar-refractivity contribution in [3.05, 3.63) is 21.9 Å². The third kappa shape index (κ3) is 4.27. The number of rotatable bonds is 6. The lowest BCUT2D eigenvalue weighted by Crippen LogP contribution is -2.45. The summed E-state index contributed by atoms with van der Waals surface area (Å²) in [6, 6.07) is 2.96. The summed E-state index contributed by atoms with van der Waals surface area (Å²) in [5.74, 6) is 0. The van der Waals surface area contributed by atoms with Crippen LogP contribution in [0.2, 0.25) is 0 Å². The highest BCUT2D eigenvalue weighted by atomic mass is 32.1. The maximum absolute atomic E-state index is 5.45. The van der Waals surface area contributed by atoms with Crippen molar-refractivity contribution in [3.63, 3.8) is 0 Å². The van der Waals surface area contributed by atoms with Gasteiger partial charge in [0.2, 0.25) is 0 Å². The Bertz CT molecular complexity index is 431. The molecule has 2 aliphatic rings. The number of nitrogens with one attached hydrogen (secondary N) is 1. The van der Waals surface area contributed by atoms with E-state index in [0.717, 1.165) is 45.4 Å². The van der Waals surface area contributed by atoms with Gasteiger partial charge in [-0.05, 0) is 36.9 Å². The van der Waals surface area contributed by atoms with Crippen LogP contribution < -0.4 is 5.32 Å². The zero-order valence-corrected chi connectivity index (χ0v) is 13.8. The van der Waals surface area contributed by atoms with Crippen molar-refractivity contribution in [3.8, 4) is 0 Å². The number of ether oxygens (including phenoxy) is 1. The van der Waals surface area contributed by atoms with E-state index in [-0.39, 0.29) is 0 Å². The maximum Gasteiger partial charge on any atom is 0.0594 e. The fraction of sp³-hybridized carbons (Fsp3) is 0.750. The van der Waals surface area contributed by atoms with Gasteiger partial charge in [-0.3, -0.25) is 4.90 Å². The van der Waals surface area contributed by atoms with Gasteiger partial charge < -0.3 is 15.0 Å². The lowest BCUT2D eigenvalue weighted by atomic mass is 10.2. The minimum Gasteiger partial charge on any atom is -0.379 e. The maximum atomic E-state index is 5.45. The molecule has 1 aromatic rings. The lowest BCUT2D eigenvalue weighted by Gasteiger charge is -2.32. The highest BCUT2D eigenvalue weighted by molar-refractivity contribution is 7.10. The molecule has 0 spiro atoms. The Labute approximate surface area is 132 Å². The van der Waals surface area contributed by atoms with Gasteiger partial charge in [0.25, 0.3) is 0 Å². The van der Waals surface area contributed by atoms with Crippen LogP contribution in [0, 0.1) is 6.92 Å². The van der Waals surface area contributed by atoms with Crippen LogP contribution in [0.4, 0.5) is 0 Å². The molecule has 0 bridgehead atoms. The first-order valence-electron chi connectivity index (χ1n) is 8.11. The van der Waals surface area contributed by atoms with Crippen LogP contribution in [-0.2, 0) is 11.3 Å². The van der Waals surface area contributed by atoms with Crippen molar-refractivity contribution in [1.82, 2.24) is 15.1 Å². The first-order valence-corrected chi connectivity index (χ1v) is 8.99. The van der Waals surface area contributed by atoms with E-state index < -0.39 is 0 Å². The summed E-state index contributed by atoms with van der Waals surface area (Å²) in [6.07, 6.45) is 1.32. The second-order valence-electron chi connectivity index (χ2n) is 6.10. The average molecular weight is 309 g/mol. The molecule has 0 saturated carbocycles. The van der Waals surface area contributed by atoms with Crippen molar-refractivity contribution in [2.75, 3.05) is 52.5 Å². The van der Waals surface area contributed by atoms with Crippen molar-refractivity contribution < 1.29 is 4.74 Å². The fourth-order valence-electron chi connectivity index (χ4n) is 3.28. The van der Waals surface area contributed by atoms with Gasteiger partial charge >= 0.3 is 0 Å². The Kier molecular flexibility index (Phi) is 5.66. The molecular weight excluding hydrogens is 282 g/mol. The van der Waals surface area contributed by atoms with E-state index in [1.807, 2.05) is 11.3 Å². The second kappa shape index (κ2) is 7.70. The zero-order valence-electron chi connectivity index (χ0n) is 13.0. The molecule has 1 atom stereocenters. The van der Waals surface area contributed by atoms with Gasteiger partial charge in [0.05, 0.1) is 13.2 Å². The van der Waals surface area contributed by atoms with Gasteiger partial charge in [-0.15, -0.1) is 11.3 Å². The fourth-order valence-corrected chi connectivity index (χ4v) is 4.16. The lowest BCUT2D eigenvalue weighted by molar-refractivity contribution is 0.0185. The van der Waals surface area contributed by atoms with Crippen LogP contribution >= 0.6 is 11.3 Å². The molecule has 0 radical (unpaired) electrons. The van der Waals surface area contributed by atoms with Gasteiger partial charge in [-0.2, -0.15) is 0 Å². The van der Waals surface area contributed by atoms with Crippen LogP contribution in [0.5, 0.6) is 0 Å². The van der Waals surface area contributed by atoms with Crippen LogP contribution in [-0.4, -0.2) is 68.3 Å². The Morgan fingerprint density at radius 2 is 2.19 bits per heavy atom. The molecule has 1 aromatic heterocycles. The van der Waals surface area contributed by atoms with E-state index in [9.17, 15) is 0 Å². The third-order valence-corrected chi connectivity index (χ3v) is 5.69. The quantitative estimate of drug-likeness (QED) is 0.807. The van der Waals surface area contributed by atoms with Crippen molar-refractivity contribution in [2.45, 2.75) is 25.9 Å². The summed E-state index contributed by atoms with van der Waals surface area (Å²) in [5, 5.41) is 5.77. The van der Waals surface area contributed by atoms with Gasteiger partial charge in [0.1, 0.15) is 0 Å². The molecule has 3 rings (SSSR count). The summed E-state index contributed by atoms with van der Waals surface area (Å²) >= 11 is 1.86. The molecular formula is C16H27N3OS. The van der Waals surface area contributed by atoms with Crippen LogP contribution in [0.1, 0.15) is 16.9 Å². The van der Waals surface area contributed by atoms with Crippen molar-refractivity contribution >= 4 is 11.3 Å². The molecule has 0 aromatic carbocycles. The topological polar surface area (TPSA) is 27.7 Å². The first-order chi connectivity index (χ1) is 10.3. The van der Waals surface area contributed by atoms with Gasteiger partial charge in [0.15, 0.2) is 0 Å². The Morgan fingerprint density at radius 1 is 1.33 bits per heavy atom. The first kappa shape index (κ1) is 15.4. The number of thiophene rings is 1. The molecule has 21 heavy (non-hydrogen) atoms. The number of nitrogens with zero attached hydrogens (tertiary/aromatic N) is 2. The summed E-state index contributed by atoms with van der Waals surface area (Å²) in [5.41, 5.74) is 1.42. The summed E-state index contributed by atoms with van der Waals surface area (Å²) in [7, 11) is 0. The van der Waals surface area contributed by atoms with Crippen molar-refractivity contribution in [2.24, 2.45) is 0 Å². The highest BCUT2D eigenvalue weighted by Gasteiger charge is 2.28. The van der Waals surface area contributed by atoms with Gasteiger partial charge in [-0.1, -0.05) is 0 Å². The number of morpholine rings is 1. The summed E-state index contributed by atoms with van der Waals surface area (Å²) in [4.78, 5) is 6.70. The monoisotopic (exact) mass is 309 g/mol. The number of aryl methyl sites for hydroxylation is 1. The van der Waals surface area contributed by atoms with E-state index in [4.69, 9.17) is 4.74 Å². The molecule has 118 valence electrons. The molecule has 3 heterocycles. The number of likely N-dealkylation sites (tertiary alicyclic amines) is 1. The molecule has 0 amide bonds. The standard InChI is InChI=1S/C16H27N3OS/c1-14-3-11-21-16(14)12-17-4-6-18-5-2-15(13-18)19-7-9-20-10-8-19/h3,11,15,17H,2,4-10,12-13H2,1H3. The van der Waals surface area contributed by atoms with Crippen LogP contribution in [0.15, 0.2) is 11.4 Å². The van der Waals surface area contributed by atoms with E-state index in [0.29, 0.717) is 0 Å². The van der Waals surface area contributed by atoms with E-state index >= 15 is 0 Å². The number of hydrogen-bond donors (Lipinski definition) is 1. The largest absolute Gasteiger partial charge is 0.379 e. The molecule has 2 saturated heterocycles. The Balaban J connectivity index is 1.32. The predicted octanol–water partition coefficient (Wildman–Crippen LogP) is 1.55. The SMILES string of the molecule is Cc1ccsc1CNCCN1CCC(N2CCOCC2)C1. The predicted molar refractivity (Wildman–Crippen MR) is 88.0 cm³/mol. The second-order valence-corrected chi connectivity index (χ2v) is 7.10. The smallest absolute Gasteiger partial charge is 0.0594 e. The molecule has 2 aliphatic heterocycles. The highest BCUT2D eigenvalue weighted by Crippen LogP contribution is 2.17. The third-order valence-electron chi connectivity index (χ3n) is 4.67. The molecule has 4 nitrogen and oxygen atoms in total. The Morgan fingerprint density at radius 3 is 2.95 bits per heavy atom. The normalized spacial score (nSPS) is 24.7.